The second kappa shape index (κ2) is 7.63. The van der Waals surface area contributed by atoms with Crippen LogP contribution in [-0.2, 0) is 9.53 Å². The predicted octanol–water partition coefficient (Wildman–Crippen LogP) is 1.01. The van der Waals surface area contributed by atoms with E-state index in [1.807, 2.05) is 11.8 Å². The van der Waals surface area contributed by atoms with Crippen LogP contribution in [0, 0.1) is 0 Å². The van der Waals surface area contributed by atoms with Gasteiger partial charge < -0.3 is 15.0 Å². The molecule has 1 saturated heterocycles. The topological polar surface area (TPSA) is 41.6 Å². The maximum absolute atomic E-state index is 11.9. The van der Waals surface area contributed by atoms with Crippen LogP contribution in [0.3, 0.4) is 0 Å². The Hall–Kier alpha value is -0.610. The molecule has 0 bridgehead atoms. The molecule has 1 rings (SSSR count). The Morgan fingerprint density at radius 1 is 1.50 bits per heavy atom. The molecule has 1 N–H and O–H groups in total. The highest BCUT2D eigenvalue weighted by Crippen LogP contribution is 2.02. The van der Waals surface area contributed by atoms with Crippen LogP contribution in [0.2, 0.25) is 0 Å². The first-order valence-corrected chi connectivity index (χ1v) is 6.35. The number of carbonyl (C=O) groups excluding carboxylic acids is 1. The lowest BCUT2D eigenvalue weighted by molar-refractivity contribution is -0.133. The molecule has 0 aliphatic carbocycles. The summed E-state index contributed by atoms with van der Waals surface area (Å²) in [7, 11) is 0. The number of rotatable bonds is 6. The maximum atomic E-state index is 11.9. The summed E-state index contributed by atoms with van der Waals surface area (Å²) in [6, 6.07) is -0.0434. The fraction of sp³-hybridized carbons (Fsp3) is 0.917. The lowest BCUT2D eigenvalue weighted by Gasteiger charge is -2.22. The van der Waals surface area contributed by atoms with E-state index >= 15 is 0 Å². The summed E-state index contributed by atoms with van der Waals surface area (Å²) in [5.41, 5.74) is 0. The van der Waals surface area contributed by atoms with Crippen molar-refractivity contribution in [3.8, 4) is 0 Å². The molecule has 0 saturated carbocycles. The molecule has 16 heavy (non-hydrogen) atoms. The predicted molar refractivity (Wildman–Crippen MR) is 64.4 cm³/mol. The third kappa shape index (κ3) is 4.49. The molecule has 4 nitrogen and oxygen atoms in total. The average molecular weight is 228 g/mol. The number of hydrogen-bond acceptors (Lipinski definition) is 3. The number of ether oxygens (including phenoxy) is 1. The van der Waals surface area contributed by atoms with Gasteiger partial charge in [0.25, 0.3) is 0 Å². The molecule has 0 aromatic heterocycles. The van der Waals surface area contributed by atoms with Crippen LogP contribution in [0.1, 0.15) is 33.1 Å². The van der Waals surface area contributed by atoms with Crippen molar-refractivity contribution >= 4 is 5.91 Å². The van der Waals surface area contributed by atoms with Crippen molar-refractivity contribution in [3.05, 3.63) is 0 Å². The van der Waals surface area contributed by atoms with E-state index in [2.05, 4.69) is 12.2 Å². The summed E-state index contributed by atoms with van der Waals surface area (Å²) in [5, 5.41) is 3.20. The quantitative estimate of drug-likeness (QED) is 0.690. The summed E-state index contributed by atoms with van der Waals surface area (Å²) in [4.78, 5) is 13.8. The number of nitrogens with one attached hydrogen (secondary N) is 1. The lowest BCUT2D eigenvalue weighted by atomic mass is 10.3. The van der Waals surface area contributed by atoms with Crippen LogP contribution < -0.4 is 5.32 Å². The molecule has 1 unspecified atom stereocenters. The highest BCUT2D eigenvalue weighted by Gasteiger charge is 2.22. The van der Waals surface area contributed by atoms with Crippen molar-refractivity contribution in [1.82, 2.24) is 10.2 Å². The Morgan fingerprint density at radius 3 is 3.06 bits per heavy atom. The van der Waals surface area contributed by atoms with Crippen molar-refractivity contribution in [3.63, 3.8) is 0 Å². The number of unbranched alkanes of at least 4 members (excludes halogenated alkanes) is 1. The monoisotopic (exact) mass is 228 g/mol. The highest BCUT2D eigenvalue weighted by atomic mass is 16.5. The first kappa shape index (κ1) is 13.5. The molecule has 0 aromatic carbocycles. The largest absolute Gasteiger partial charge is 0.380 e. The van der Waals surface area contributed by atoms with E-state index in [4.69, 9.17) is 4.74 Å². The molecule has 1 aliphatic rings. The van der Waals surface area contributed by atoms with Crippen LogP contribution in [0.25, 0.3) is 0 Å². The maximum Gasteiger partial charge on any atom is 0.239 e. The summed E-state index contributed by atoms with van der Waals surface area (Å²) < 4.78 is 5.49. The van der Waals surface area contributed by atoms with Gasteiger partial charge in [-0.1, -0.05) is 13.3 Å². The van der Waals surface area contributed by atoms with Crippen molar-refractivity contribution in [2.45, 2.75) is 39.2 Å². The number of hydrogen-bond donors (Lipinski definition) is 1. The average Bonchev–Trinajstić information content (AvgIpc) is 2.44. The lowest BCUT2D eigenvalue weighted by Crippen LogP contribution is -2.42. The Balaban J connectivity index is 2.20. The van der Waals surface area contributed by atoms with Gasteiger partial charge in [0.2, 0.25) is 5.91 Å². The van der Waals surface area contributed by atoms with Gasteiger partial charge in [0.05, 0.1) is 12.6 Å². The van der Waals surface area contributed by atoms with Crippen LogP contribution in [-0.4, -0.2) is 49.7 Å². The van der Waals surface area contributed by atoms with Gasteiger partial charge in [-0.3, -0.25) is 4.79 Å². The zero-order valence-electron chi connectivity index (χ0n) is 10.5. The van der Waals surface area contributed by atoms with Gasteiger partial charge in [-0.25, -0.2) is 0 Å². The molecule has 0 spiro atoms. The van der Waals surface area contributed by atoms with Gasteiger partial charge >= 0.3 is 0 Å². The van der Waals surface area contributed by atoms with Gasteiger partial charge in [0, 0.05) is 19.7 Å². The van der Waals surface area contributed by atoms with E-state index in [1.54, 1.807) is 0 Å². The van der Waals surface area contributed by atoms with E-state index in [0.29, 0.717) is 6.61 Å². The van der Waals surface area contributed by atoms with Gasteiger partial charge in [0.15, 0.2) is 0 Å². The Labute approximate surface area is 98.3 Å². The Bertz CT molecular complexity index is 209. The van der Waals surface area contributed by atoms with Crippen molar-refractivity contribution in [1.29, 1.82) is 0 Å². The highest BCUT2D eigenvalue weighted by molar-refractivity contribution is 5.81. The van der Waals surface area contributed by atoms with Crippen molar-refractivity contribution in [2.75, 3.05) is 32.8 Å². The fourth-order valence-corrected chi connectivity index (χ4v) is 1.81. The fourth-order valence-electron chi connectivity index (χ4n) is 1.81. The summed E-state index contributed by atoms with van der Waals surface area (Å²) in [6.45, 7) is 8.07. The molecule has 0 aromatic rings. The third-order valence-electron chi connectivity index (χ3n) is 2.89. The normalized spacial score (nSPS) is 22.2. The standard InChI is InChI=1S/C12H24N2O2/c1-3-4-9-16-10-8-14-7-5-6-13-11(2)12(14)15/h11,13H,3-10H2,1-2H3. The third-order valence-corrected chi connectivity index (χ3v) is 2.89. The number of amides is 1. The van der Waals surface area contributed by atoms with Crippen molar-refractivity contribution in [2.24, 2.45) is 0 Å². The van der Waals surface area contributed by atoms with Crippen LogP contribution >= 0.6 is 0 Å². The molecule has 1 heterocycles. The van der Waals surface area contributed by atoms with E-state index in [-0.39, 0.29) is 11.9 Å². The molecule has 1 fully saturated rings. The van der Waals surface area contributed by atoms with Gasteiger partial charge in [-0.15, -0.1) is 0 Å². The SMILES string of the molecule is CCCCOCCN1CCCNC(C)C1=O. The first-order valence-electron chi connectivity index (χ1n) is 6.35. The summed E-state index contributed by atoms with van der Waals surface area (Å²) in [5.74, 6) is 0.205. The molecular formula is C12H24N2O2. The smallest absolute Gasteiger partial charge is 0.239 e. The molecule has 0 radical (unpaired) electrons. The summed E-state index contributed by atoms with van der Waals surface area (Å²) in [6.07, 6.45) is 3.29. The Kier molecular flexibility index (Phi) is 6.42. The second-order valence-corrected chi connectivity index (χ2v) is 4.32. The van der Waals surface area contributed by atoms with E-state index in [0.717, 1.165) is 45.5 Å². The zero-order chi connectivity index (χ0) is 11.8. The molecule has 94 valence electrons. The van der Waals surface area contributed by atoms with Crippen molar-refractivity contribution < 1.29 is 9.53 Å². The Morgan fingerprint density at radius 2 is 2.31 bits per heavy atom. The minimum atomic E-state index is -0.0434. The van der Waals surface area contributed by atoms with Crippen LogP contribution in [0.5, 0.6) is 0 Å². The minimum absolute atomic E-state index is 0.0434. The zero-order valence-corrected chi connectivity index (χ0v) is 10.5. The number of carbonyl (C=O) groups is 1. The van der Waals surface area contributed by atoms with E-state index in [9.17, 15) is 4.79 Å². The van der Waals surface area contributed by atoms with Crippen LogP contribution in [0.15, 0.2) is 0 Å². The number of nitrogens with zero attached hydrogens (tertiary/aromatic N) is 1. The van der Waals surface area contributed by atoms with E-state index < -0.39 is 0 Å². The molecule has 1 aliphatic heterocycles. The molecule has 1 amide bonds. The summed E-state index contributed by atoms with van der Waals surface area (Å²) >= 11 is 0. The van der Waals surface area contributed by atoms with Gasteiger partial charge in [-0.2, -0.15) is 0 Å². The molecule has 4 heteroatoms. The second-order valence-electron chi connectivity index (χ2n) is 4.32. The minimum Gasteiger partial charge on any atom is -0.380 e. The first-order chi connectivity index (χ1) is 7.75. The van der Waals surface area contributed by atoms with Gasteiger partial charge in [-0.05, 0) is 26.3 Å². The molecular weight excluding hydrogens is 204 g/mol. The molecule has 1 atom stereocenters. The van der Waals surface area contributed by atoms with Gasteiger partial charge in [0.1, 0.15) is 0 Å². The van der Waals surface area contributed by atoms with E-state index in [1.165, 1.54) is 0 Å². The van der Waals surface area contributed by atoms with Crippen LogP contribution in [0.4, 0.5) is 0 Å².